The fourth-order valence-corrected chi connectivity index (χ4v) is 1.51. The number of hydrogen-bond acceptors (Lipinski definition) is 2. The Morgan fingerprint density at radius 1 is 1.43 bits per heavy atom. The average Bonchev–Trinajstić information content (AvgIpc) is 2.02. The van der Waals surface area contributed by atoms with Crippen LogP contribution in [0.25, 0.3) is 0 Å². The molecule has 0 aromatic carbocycles. The first-order valence-electron chi connectivity index (χ1n) is 4.72. The van der Waals surface area contributed by atoms with Gasteiger partial charge in [0.05, 0.1) is 5.92 Å². The van der Waals surface area contributed by atoms with Gasteiger partial charge in [-0.2, -0.15) is 0 Å². The molecule has 1 atom stereocenters. The van der Waals surface area contributed by atoms with Crippen molar-refractivity contribution in [1.82, 2.24) is 5.32 Å². The molecule has 0 aliphatic carbocycles. The number of hydrogen-bond donors (Lipinski definition) is 2. The molecule has 4 nitrogen and oxygen atoms in total. The van der Waals surface area contributed by atoms with Crippen molar-refractivity contribution in [3.05, 3.63) is 0 Å². The van der Waals surface area contributed by atoms with Crippen molar-refractivity contribution in [2.45, 2.75) is 33.6 Å². The number of aliphatic carboxylic acids is 1. The molecule has 0 saturated carbocycles. The van der Waals surface area contributed by atoms with Crippen LogP contribution in [0.1, 0.15) is 33.6 Å². The van der Waals surface area contributed by atoms with Gasteiger partial charge in [-0.25, -0.2) is 0 Å². The zero-order valence-electron chi connectivity index (χ0n) is 9.26. The van der Waals surface area contributed by atoms with Gasteiger partial charge in [0.2, 0.25) is 5.91 Å². The van der Waals surface area contributed by atoms with E-state index in [1.165, 1.54) is 0 Å². The van der Waals surface area contributed by atoms with Gasteiger partial charge >= 0.3 is 5.97 Å². The van der Waals surface area contributed by atoms with Crippen LogP contribution >= 0.6 is 0 Å². The maximum Gasteiger partial charge on any atom is 0.306 e. The summed E-state index contributed by atoms with van der Waals surface area (Å²) in [6, 6.07) is 0. The quantitative estimate of drug-likeness (QED) is 0.703. The lowest BCUT2D eigenvalue weighted by molar-refractivity contribution is -0.142. The molecule has 0 fully saturated rings. The van der Waals surface area contributed by atoms with Crippen molar-refractivity contribution in [2.75, 3.05) is 7.05 Å². The van der Waals surface area contributed by atoms with Crippen molar-refractivity contribution in [1.29, 1.82) is 0 Å². The van der Waals surface area contributed by atoms with Gasteiger partial charge in [0.15, 0.2) is 0 Å². The Labute approximate surface area is 84.7 Å². The summed E-state index contributed by atoms with van der Waals surface area (Å²) in [5, 5.41) is 11.3. The number of carbonyl (C=O) groups excluding carboxylic acids is 1. The summed E-state index contributed by atoms with van der Waals surface area (Å²) in [7, 11) is 1.58. The van der Waals surface area contributed by atoms with Gasteiger partial charge in [-0.15, -0.1) is 0 Å². The van der Waals surface area contributed by atoms with Gasteiger partial charge in [-0.1, -0.05) is 20.8 Å². The smallest absolute Gasteiger partial charge is 0.306 e. The number of nitrogens with one attached hydrogen (secondary N) is 1. The van der Waals surface area contributed by atoms with E-state index in [4.69, 9.17) is 5.11 Å². The lowest BCUT2D eigenvalue weighted by Crippen LogP contribution is -2.28. The molecule has 0 aliphatic heterocycles. The lowest BCUT2D eigenvalue weighted by atomic mass is 9.80. The van der Waals surface area contributed by atoms with E-state index < -0.39 is 11.9 Å². The second-order valence-electron chi connectivity index (χ2n) is 4.46. The first-order chi connectivity index (χ1) is 6.28. The Kier molecular flexibility index (Phi) is 4.60. The largest absolute Gasteiger partial charge is 0.481 e. The van der Waals surface area contributed by atoms with E-state index >= 15 is 0 Å². The standard InChI is InChI=1S/C10H19NO3/c1-7(9(13)14)5-10(2,3)6-8(12)11-4/h7H,5-6H2,1-4H3,(H,11,12)(H,13,14). The lowest BCUT2D eigenvalue weighted by Gasteiger charge is -2.25. The summed E-state index contributed by atoms with van der Waals surface area (Å²) in [5.41, 5.74) is -0.266. The van der Waals surface area contributed by atoms with Crippen LogP contribution in [0.3, 0.4) is 0 Å². The van der Waals surface area contributed by atoms with Gasteiger partial charge in [-0.05, 0) is 11.8 Å². The van der Waals surface area contributed by atoms with E-state index in [2.05, 4.69) is 5.32 Å². The minimum Gasteiger partial charge on any atom is -0.481 e. The monoisotopic (exact) mass is 201 g/mol. The van der Waals surface area contributed by atoms with Crippen molar-refractivity contribution in [3.63, 3.8) is 0 Å². The fraction of sp³-hybridized carbons (Fsp3) is 0.800. The summed E-state index contributed by atoms with van der Waals surface area (Å²) in [6.45, 7) is 5.47. The molecule has 0 aromatic heterocycles. The molecule has 2 N–H and O–H groups in total. The molecular formula is C10H19NO3. The van der Waals surface area contributed by atoms with E-state index in [-0.39, 0.29) is 11.3 Å². The van der Waals surface area contributed by atoms with Gasteiger partial charge in [0.1, 0.15) is 0 Å². The molecule has 1 amide bonds. The zero-order valence-corrected chi connectivity index (χ0v) is 9.26. The number of rotatable bonds is 5. The molecule has 14 heavy (non-hydrogen) atoms. The minimum atomic E-state index is -0.810. The predicted molar refractivity (Wildman–Crippen MR) is 53.9 cm³/mol. The highest BCUT2D eigenvalue weighted by atomic mass is 16.4. The minimum absolute atomic E-state index is 0.0485. The number of carbonyl (C=O) groups is 2. The number of amides is 1. The molecule has 0 aromatic rings. The van der Waals surface area contributed by atoms with E-state index in [0.29, 0.717) is 12.8 Å². The first-order valence-corrected chi connectivity index (χ1v) is 4.72. The highest BCUT2D eigenvalue weighted by Crippen LogP contribution is 2.29. The van der Waals surface area contributed by atoms with Crippen LogP contribution in [0.15, 0.2) is 0 Å². The molecule has 1 unspecified atom stereocenters. The molecule has 0 rings (SSSR count). The predicted octanol–water partition coefficient (Wildman–Crippen LogP) is 1.26. The SMILES string of the molecule is CNC(=O)CC(C)(C)CC(C)C(=O)O. The Balaban J connectivity index is 4.19. The van der Waals surface area contributed by atoms with E-state index in [1.54, 1.807) is 14.0 Å². The van der Waals surface area contributed by atoms with E-state index in [0.717, 1.165) is 0 Å². The summed E-state index contributed by atoms with van der Waals surface area (Å²) < 4.78 is 0. The third kappa shape index (κ3) is 4.84. The summed E-state index contributed by atoms with van der Waals surface area (Å²) >= 11 is 0. The Morgan fingerprint density at radius 2 is 1.93 bits per heavy atom. The molecule has 0 aliphatic rings. The van der Waals surface area contributed by atoms with E-state index in [9.17, 15) is 9.59 Å². The van der Waals surface area contributed by atoms with E-state index in [1.807, 2.05) is 13.8 Å². The Hall–Kier alpha value is -1.06. The second-order valence-corrected chi connectivity index (χ2v) is 4.46. The summed E-state index contributed by atoms with van der Waals surface area (Å²) in [4.78, 5) is 21.8. The number of carboxylic acids is 1. The topological polar surface area (TPSA) is 66.4 Å². The van der Waals surface area contributed by atoms with Crippen molar-refractivity contribution in [2.24, 2.45) is 11.3 Å². The van der Waals surface area contributed by atoms with Crippen LogP contribution in [0.5, 0.6) is 0 Å². The molecule has 82 valence electrons. The van der Waals surface area contributed by atoms with Gasteiger partial charge < -0.3 is 10.4 Å². The fourth-order valence-electron chi connectivity index (χ4n) is 1.51. The molecule has 0 radical (unpaired) electrons. The van der Waals surface area contributed by atoms with Crippen LogP contribution in [-0.2, 0) is 9.59 Å². The molecule has 0 bridgehead atoms. The van der Waals surface area contributed by atoms with Crippen LogP contribution < -0.4 is 5.32 Å². The molecule has 0 spiro atoms. The molecule has 4 heteroatoms. The van der Waals surface area contributed by atoms with Crippen LogP contribution in [0.2, 0.25) is 0 Å². The highest BCUT2D eigenvalue weighted by Gasteiger charge is 2.26. The van der Waals surface area contributed by atoms with Crippen molar-refractivity contribution in [3.8, 4) is 0 Å². The highest BCUT2D eigenvalue weighted by molar-refractivity contribution is 5.76. The Morgan fingerprint density at radius 3 is 2.29 bits per heavy atom. The first kappa shape index (κ1) is 12.9. The molecular weight excluding hydrogens is 182 g/mol. The third-order valence-corrected chi connectivity index (χ3v) is 2.20. The van der Waals surface area contributed by atoms with Crippen LogP contribution in [-0.4, -0.2) is 24.0 Å². The average molecular weight is 201 g/mol. The zero-order chi connectivity index (χ0) is 11.4. The summed E-state index contributed by atoms with van der Waals surface area (Å²) in [6.07, 6.45) is 0.872. The number of carboxylic acid groups (broad SMARTS) is 1. The third-order valence-electron chi connectivity index (χ3n) is 2.20. The van der Waals surface area contributed by atoms with Crippen LogP contribution in [0, 0.1) is 11.3 Å². The van der Waals surface area contributed by atoms with Gasteiger partial charge in [0.25, 0.3) is 0 Å². The normalized spacial score (nSPS) is 13.4. The Bertz CT molecular complexity index is 223. The maximum absolute atomic E-state index is 11.1. The van der Waals surface area contributed by atoms with Gasteiger partial charge in [-0.3, -0.25) is 9.59 Å². The maximum atomic E-state index is 11.1. The second kappa shape index (κ2) is 4.98. The van der Waals surface area contributed by atoms with Crippen molar-refractivity contribution < 1.29 is 14.7 Å². The molecule has 0 saturated heterocycles. The molecule has 0 heterocycles. The summed E-state index contributed by atoms with van der Waals surface area (Å²) in [5.74, 6) is -1.27. The van der Waals surface area contributed by atoms with Crippen LogP contribution in [0.4, 0.5) is 0 Å². The van der Waals surface area contributed by atoms with Crippen molar-refractivity contribution >= 4 is 11.9 Å². The van der Waals surface area contributed by atoms with Gasteiger partial charge in [0, 0.05) is 13.5 Å².